The molecule has 12 heavy (non-hydrogen) atoms. The average Bonchev–Trinajstić information content (AvgIpc) is 2.03. The maximum Gasteiger partial charge on any atom is 0.0717 e. The molecule has 0 saturated carbocycles. The first kappa shape index (κ1) is 11.4. The summed E-state index contributed by atoms with van der Waals surface area (Å²) in [5.74, 6) is 0. The largest absolute Gasteiger partial charge is 0.220 e. The molecule has 1 aromatic rings. The fraction of sp³-hybridized carbons (Fsp3) is 0.250. The third-order valence-corrected chi connectivity index (χ3v) is 2.01. The monoisotopic (exact) mass is 188 g/mol. The Morgan fingerprint density at radius 2 is 2.00 bits per heavy atom. The van der Waals surface area contributed by atoms with Gasteiger partial charge in [-0.2, -0.15) is 0 Å². The lowest BCUT2D eigenvalue weighted by Crippen LogP contribution is -1.81. The van der Waals surface area contributed by atoms with Crippen LogP contribution in [0.5, 0.6) is 0 Å². The van der Waals surface area contributed by atoms with E-state index in [-0.39, 0.29) is 7.43 Å². The third-order valence-electron chi connectivity index (χ3n) is 1.25. The molecule has 68 valence electrons. The van der Waals surface area contributed by atoms with Crippen LogP contribution < -0.4 is 0 Å². The van der Waals surface area contributed by atoms with Gasteiger partial charge in [-0.05, 0) is 18.6 Å². The second-order valence-corrected chi connectivity index (χ2v) is 2.73. The molecule has 0 radical (unpaired) electrons. The molecule has 0 spiro atoms. The number of benzene rings is 1. The standard InChI is InChI=1S/C7H8O3S.CH4/c1-6-4-2-3-5-7(6)11-10-9-8;/h2-5,8H,1H3;1H4. The van der Waals surface area contributed by atoms with Gasteiger partial charge in [0.15, 0.2) is 0 Å². The number of hydrogen-bond donors (Lipinski definition) is 1. The normalized spacial score (nSPS) is 9.17. The summed E-state index contributed by atoms with van der Waals surface area (Å²) in [5, 5.41) is 11.3. The maximum atomic E-state index is 7.88. The summed E-state index contributed by atoms with van der Waals surface area (Å²) >= 11 is 0.975. The lowest BCUT2D eigenvalue weighted by molar-refractivity contribution is -0.432. The first-order chi connectivity index (χ1) is 5.34. The van der Waals surface area contributed by atoms with Gasteiger partial charge < -0.3 is 0 Å². The van der Waals surface area contributed by atoms with Gasteiger partial charge in [0.25, 0.3) is 0 Å². The quantitative estimate of drug-likeness (QED) is 0.449. The van der Waals surface area contributed by atoms with E-state index in [1.807, 2.05) is 31.2 Å². The van der Waals surface area contributed by atoms with E-state index in [9.17, 15) is 0 Å². The van der Waals surface area contributed by atoms with Crippen LogP contribution in [0.15, 0.2) is 29.2 Å². The third kappa shape index (κ3) is 3.23. The second kappa shape index (κ2) is 6.02. The molecule has 0 aliphatic heterocycles. The van der Waals surface area contributed by atoms with Gasteiger partial charge in [0, 0.05) is 4.90 Å². The molecule has 0 aliphatic carbocycles. The number of rotatable bonds is 3. The van der Waals surface area contributed by atoms with Gasteiger partial charge in [-0.25, -0.2) is 5.26 Å². The van der Waals surface area contributed by atoms with Crippen molar-refractivity contribution in [3.63, 3.8) is 0 Å². The van der Waals surface area contributed by atoms with E-state index in [4.69, 9.17) is 5.26 Å². The highest BCUT2D eigenvalue weighted by atomic mass is 32.2. The predicted molar refractivity (Wildman–Crippen MR) is 48.6 cm³/mol. The van der Waals surface area contributed by atoms with Crippen molar-refractivity contribution >= 4 is 12.0 Å². The SMILES string of the molecule is C.Cc1ccccc1SOOO. The number of aryl methyl sites for hydroxylation is 1. The van der Waals surface area contributed by atoms with E-state index in [1.165, 1.54) is 0 Å². The van der Waals surface area contributed by atoms with Gasteiger partial charge in [-0.15, -0.1) is 4.33 Å². The van der Waals surface area contributed by atoms with Crippen LogP contribution in [0.3, 0.4) is 0 Å². The van der Waals surface area contributed by atoms with Crippen molar-refractivity contribution in [3.8, 4) is 0 Å². The lowest BCUT2D eigenvalue weighted by atomic mass is 10.2. The van der Waals surface area contributed by atoms with Gasteiger partial charge in [-0.1, -0.05) is 30.7 Å². The van der Waals surface area contributed by atoms with Crippen LogP contribution in [0.4, 0.5) is 0 Å². The van der Waals surface area contributed by atoms with Gasteiger partial charge >= 0.3 is 0 Å². The number of hydrogen-bond acceptors (Lipinski definition) is 4. The van der Waals surface area contributed by atoms with E-state index >= 15 is 0 Å². The summed E-state index contributed by atoms with van der Waals surface area (Å²) in [4.78, 5) is 0.918. The first-order valence-electron chi connectivity index (χ1n) is 3.05. The van der Waals surface area contributed by atoms with Gasteiger partial charge in [-0.3, -0.25) is 0 Å². The van der Waals surface area contributed by atoms with Crippen molar-refractivity contribution < 1.29 is 14.6 Å². The Hall–Kier alpha value is -0.550. The zero-order valence-electron chi connectivity index (χ0n) is 5.98. The Morgan fingerprint density at radius 3 is 2.58 bits per heavy atom. The highest BCUT2D eigenvalue weighted by Gasteiger charge is 1.97. The van der Waals surface area contributed by atoms with E-state index in [1.54, 1.807) is 0 Å². The molecule has 1 rings (SSSR count). The highest BCUT2D eigenvalue weighted by Crippen LogP contribution is 2.22. The van der Waals surface area contributed by atoms with Crippen LogP contribution in [-0.4, -0.2) is 5.26 Å². The molecule has 1 N–H and O–H groups in total. The molecule has 0 unspecified atom stereocenters. The predicted octanol–water partition coefficient (Wildman–Crippen LogP) is 3.06. The Balaban J connectivity index is 0.00000121. The highest BCUT2D eigenvalue weighted by molar-refractivity contribution is 7.94. The molecule has 0 bridgehead atoms. The summed E-state index contributed by atoms with van der Waals surface area (Å²) in [6.07, 6.45) is 0. The summed E-state index contributed by atoms with van der Waals surface area (Å²) in [6, 6.07) is 7.64. The van der Waals surface area contributed by atoms with Crippen LogP contribution in [0.2, 0.25) is 0 Å². The van der Waals surface area contributed by atoms with Crippen LogP contribution in [-0.2, 0) is 9.37 Å². The molecule has 1 aromatic carbocycles. The minimum absolute atomic E-state index is 0. The fourth-order valence-electron chi connectivity index (χ4n) is 0.702. The molecule has 0 atom stereocenters. The summed E-state index contributed by atoms with van der Waals surface area (Å²) < 4.78 is 4.27. The molecule has 0 amide bonds. The molecule has 0 heterocycles. The molecular weight excluding hydrogens is 176 g/mol. The fourth-order valence-corrected chi connectivity index (χ4v) is 1.14. The maximum absolute atomic E-state index is 7.88. The van der Waals surface area contributed by atoms with Crippen molar-refractivity contribution in [1.29, 1.82) is 0 Å². The summed E-state index contributed by atoms with van der Waals surface area (Å²) in [5.41, 5.74) is 1.08. The van der Waals surface area contributed by atoms with Gasteiger partial charge in [0.1, 0.15) is 0 Å². The van der Waals surface area contributed by atoms with Crippen molar-refractivity contribution in [1.82, 2.24) is 0 Å². The zero-order valence-corrected chi connectivity index (χ0v) is 6.80. The molecular formula is C8H12O3S. The van der Waals surface area contributed by atoms with Crippen molar-refractivity contribution in [2.24, 2.45) is 0 Å². The molecule has 4 heteroatoms. The summed E-state index contributed by atoms with van der Waals surface area (Å²) in [7, 11) is 0. The molecule has 3 nitrogen and oxygen atoms in total. The van der Waals surface area contributed by atoms with E-state index in [0.29, 0.717) is 0 Å². The van der Waals surface area contributed by atoms with Crippen LogP contribution in [0, 0.1) is 6.92 Å². The van der Waals surface area contributed by atoms with E-state index in [2.05, 4.69) is 9.37 Å². The van der Waals surface area contributed by atoms with E-state index < -0.39 is 0 Å². The Morgan fingerprint density at radius 1 is 1.33 bits per heavy atom. The molecule has 0 saturated heterocycles. The molecule has 0 fully saturated rings. The minimum atomic E-state index is 0. The first-order valence-corrected chi connectivity index (χ1v) is 3.79. The van der Waals surface area contributed by atoms with Crippen molar-refractivity contribution in [2.45, 2.75) is 19.2 Å². The smallest absolute Gasteiger partial charge is 0.0717 e. The van der Waals surface area contributed by atoms with E-state index in [0.717, 1.165) is 22.5 Å². The van der Waals surface area contributed by atoms with Crippen molar-refractivity contribution in [3.05, 3.63) is 29.8 Å². The second-order valence-electron chi connectivity index (χ2n) is 1.99. The topological polar surface area (TPSA) is 38.7 Å². The Bertz CT molecular complexity index is 227. The van der Waals surface area contributed by atoms with Gasteiger partial charge in [0.2, 0.25) is 0 Å². The zero-order chi connectivity index (χ0) is 8.10. The van der Waals surface area contributed by atoms with Gasteiger partial charge in [0.05, 0.1) is 12.0 Å². The average molecular weight is 188 g/mol. The van der Waals surface area contributed by atoms with Crippen LogP contribution in [0.25, 0.3) is 0 Å². The molecule has 0 aromatic heterocycles. The minimum Gasteiger partial charge on any atom is -0.220 e. The van der Waals surface area contributed by atoms with Crippen LogP contribution >= 0.6 is 12.0 Å². The Kier molecular flexibility index (Phi) is 5.74. The summed E-state index contributed by atoms with van der Waals surface area (Å²) in [6.45, 7) is 1.95. The molecule has 0 aliphatic rings. The van der Waals surface area contributed by atoms with Crippen molar-refractivity contribution in [2.75, 3.05) is 0 Å². The Labute approximate surface area is 76.4 Å². The van der Waals surface area contributed by atoms with Crippen LogP contribution in [0.1, 0.15) is 13.0 Å². The lowest BCUT2D eigenvalue weighted by Gasteiger charge is -1.99.